The van der Waals surface area contributed by atoms with E-state index in [1.54, 1.807) is 0 Å². The number of rotatable bonds is 45. The molecule has 0 aliphatic carbocycles. The molecule has 61 heavy (non-hydrogen) atoms. The van der Waals surface area contributed by atoms with Crippen LogP contribution in [0.3, 0.4) is 0 Å². The van der Waals surface area contributed by atoms with Crippen molar-refractivity contribution in [3.8, 4) is 0 Å². The van der Waals surface area contributed by atoms with Gasteiger partial charge in [-0.1, -0.05) is 178 Å². The Hall–Kier alpha value is -2.71. The lowest BCUT2D eigenvalue weighted by molar-refractivity contribution is -0.887. The highest BCUT2D eigenvalue weighted by atomic mass is 16.6. The Labute approximate surface area is 376 Å². The van der Waals surface area contributed by atoms with Gasteiger partial charge in [0.05, 0.1) is 34.4 Å². The van der Waals surface area contributed by atoms with E-state index in [0.29, 0.717) is 19.3 Å². The number of likely N-dealkylation sites (N-methyl/N-ethyl adjacent to an activating group) is 1. The Morgan fingerprint density at radius 2 is 0.885 bits per heavy atom. The maximum atomic E-state index is 12.7. The monoisotopic (exact) mass is 859 g/mol. The Morgan fingerprint density at radius 1 is 0.492 bits per heavy atom. The molecule has 8 nitrogen and oxygen atoms in total. The highest BCUT2D eigenvalue weighted by molar-refractivity contribution is 5.72. The highest BCUT2D eigenvalue weighted by Gasteiger charge is 2.31. The third-order valence-electron chi connectivity index (χ3n) is 11.2. The largest absolute Gasteiger partial charge is 0.477 e. The van der Waals surface area contributed by atoms with Crippen molar-refractivity contribution in [3.05, 3.63) is 48.6 Å². The summed E-state index contributed by atoms with van der Waals surface area (Å²) in [5, 5.41) is 9.64. The van der Waals surface area contributed by atoms with Crippen LogP contribution in [0, 0.1) is 0 Å². The third kappa shape index (κ3) is 42.4. The first kappa shape index (κ1) is 58.3. The van der Waals surface area contributed by atoms with Crippen molar-refractivity contribution in [1.29, 1.82) is 0 Å². The molecule has 0 spiro atoms. The number of hydrogen-bond donors (Lipinski definition) is 1. The molecule has 0 fully saturated rings. The number of allylic oxidation sites excluding steroid dienone is 8. The average Bonchev–Trinajstić information content (AvgIpc) is 3.22. The molecule has 354 valence electrons. The first-order chi connectivity index (χ1) is 29.6. The number of ether oxygens (including phenoxy) is 3. The Bertz CT molecular complexity index is 1140. The summed E-state index contributed by atoms with van der Waals surface area (Å²) < 4.78 is 17.3. The van der Waals surface area contributed by atoms with Gasteiger partial charge in [-0.25, -0.2) is 4.79 Å². The van der Waals surface area contributed by atoms with Crippen LogP contribution in [0.5, 0.6) is 0 Å². The summed E-state index contributed by atoms with van der Waals surface area (Å²) in [6.07, 6.45) is 53.1. The van der Waals surface area contributed by atoms with Crippen LogP contribution in [0.2, 0.25) is 0 Å². The van der Waals surface area contributed by atoms with Gasteiger partial charge in [0.1, 0.15) is 6.61 Å². The quantitative estimate of drug-likeness (QED) is 0.0282. The normalized spacial score (nSPS) is 13.3. The zero-order chi connectivity index (χ0) is 44.9. The number of unbranched alkanes of at least 4 members (excludes halogenated alkanes) is 23. The highest BCUT2D eigenvalue weighted by Crippen LogP contribution is 2.14. The maximum Gasteiger partial charge on any atom is 0.362 e. The zero-order valence-electron chi connectivity index (χ0n) is 40.4. The lowest BCUT2D eigenvalue weighted by atomic mass is 10.1. The standard InChI is InChI=1S/C53H95NO7/c1-6-8-10-12-14-16-18-20-22-24-25-26-28-29-31-33-35-37-39-41-43-51(55)60-48-49(47-59-46-45-50(53(57)58)54(3,4)5)61-52(56)44-42-40-38-36-34-32-30-27-23-21-19-17-15-13-11-9-7-2/h21,23,25-26,30,32,36,38,49-50H,6-20,22,24,27-29,31,33-35,37,39-48H2,1-5H3/p+1/b23-21+,26-25+,32-30+,38-36+. The van der Waals surface area contributed by atoms with Crippen molar-refractivity contribution in [1.82, 2.24) is 0 Å². The molecule has 0 aliphatic heterocycles. The molecule has 0 bridgehead atoms. The van der Waals surface area contributed by atoms with Crippen molar-refractivity contribution >= 4 is 17.9 Å². The van der Waals surface area contributed by atoms with Crippen molar-refractivity contribution in [2.75, 3.05) is 41.0 Å². The molecule has 1 N–H and O–H groups in total. The van der Waals surface area contributed by atoms with Crippen LogP contribution < -0.4 is 0 Å². The summed E-state index contributed by atoms with van der Waals surface area (Å²) >= 11 is 0. The van der Waals surface area contributed by atoms with Gasteiger partial charge in [-0.15, -0.1) is 0 Å². The van der Waals surface area contributed by atoms with Gasteiger partial charge in [0.2, 0.25) is 0 Å². The summed E-state index contributed by atoms with van der Waals surface area (Å²) in [5.74, 6) is -1.54. The number of carbonyl (C=O) groups is 3. The van der Waals surface area contributed by atoms with Gasteiger partial charge in [-0.05, 0) is 70.6 Å². The van der Waals surface area contributed by atoms with Crippen LogP contribution in [0.1, 0.15) is 219 Å². The molecular weight excluding hydrogens is 763 g/mol. The summed E-state index contributed by atoms with van der Waals surface area (Å²) in [6.45, 7) is 4.69. The van der Waals surface area contributed by atoms with Gasteiger partial charge in [0.15, 0.2) is 12.1 Å². The molecule has 0 saturated carbocycles. The second-order valence-corrected chi connectivity index (χ2v) is 18.1. The van der Waals surface area contributed by atoms with Gasteiger partial charge in [-0.3, -0.25) is 9.59 Å². The number of quaternary nitrogens is 1. The number of aliphatic carboxylic acids is 1. The van der Waals surface area contributed by atoms with Gasteiger partial charge >= 0.3 is 17.9 Å². The molecule has 2 atom stereocenters. The molecule has 0 heterocycles. The molecule has 0 aromatic carbocycles. The van der Waals surface area contributed by atoms with Crippen LogP contribution in [0.4, 0.5) is 0 Å². The molecule has 0 aromatic heterocycles. The van der Waals surface area contributed by atoms with Gasteiger partial charge in [0.25, 0.3) is 0 Å². The SMILES string of the molecule is CCCCCCCC/C=C/C/C=C/C/C=C/CCCC(=O)OC(COCCC(C(=O)O)[N+](C)(C)C)COC(=O)CCCCCCCCC/C=C/CCCCCCCCCCC. The molecule has 0 amide bonds. The van der Waals surface area contributed by atoms with Crippen LogP contribution in [0.15, 0.2) is 48.6 Å². The Morgan fingerprint density at radius 3 is 1.34 bits per heavy atom. The fourth-order valence-electron chi connectivity index (χ4n) is 7.28. The van der Waals surface area contributed by atoms with E-state index >= 15 is 0 Å². The van der Waals surface area contributed by atoms with Gasteiger partial charge in [-0.2, -0.15) is 0 Å². The van der Waals surface area contributed by atoms with Crippen LogP contribution >= 0.6 is 0 Å². The van der Waals surface area contributed by atoms with Crippen molar-refractivity contribution in [2.24, 2.45) is 0 Å². The number of esters is 2. The number of hydrogen-bond acceptors (Lipinski definition) is 6. The Kier molecular flexibility index (Phi) is 42.0. The van der Waals surface area contributed by atoms with E-state index in [1.165, 1.54) is 141 Å². The molecule has 0 aromatic rings. The topological polar surface area (TPSA) is 99.1 Å². The fourth-order valence-corrected chi connectivity index (χ4v) is 7.28. The van der Waals surface area contributed by atoms with E-state index < -0.39 is 18.1 Å². The minimum Gasteiger partial charge on any atom is -0.477 e. The van der Waals surface area contributed by atoms with E-state index in [-0.39, 0.29) is 42.7 Å². The summed E-state index contributed by atoms with van der Waals surface area (Å²) in [5.41, 5.74) is 0. The van der Waals surface area contributed by atoms with Gasteiger partial charge in [0, 0.05) is 19.3 Å². The zero-order valence-corrected chi connectivity index (χ0v) is 40.4. The molecule has 2 unspecified atom stereocenters. The molecule has 8 heteroatoms. The number of carboxylic acid groups (broad SMARTS) is 1. The minimum absolute atomic E-state index is 0.0398. The Balaban J connectivity index is 4.33. The first-order valence-electron chi connectivity index (χ1n) is 25.2. The van der Waals surface area contributed by atoms with E-state index in [9.17, 15) is 19.5 Å². The van der Waals surface area contributed by atoms with E-state index in [1.807, 2.05) is 21.1 Å². The fraction of sp³-hybridized carbons (Fsp3) is 0.792. The lowest BCUT2D eigenvalue weighted by Crippen LogP contribution is -2.50. The number of nitrogens with zero attached hydrogens (tertiary/aromatic N) is 1. The lowest BCUT2D eigenvalue weighted by Gasteiger charge is -2.31. The van der Waals surface area contributed by atoms with Crippen molar-refractivity contribution in [2.45, 2.75) is 231 Å². The minimum atomic E-state index is -0.883. The van der Waals surface area contributed by atoms with Crippen molar-refractivity contribution < 1.29 is 38.2 Å². The summed E-state index contributed by atoms with van der Waals surface area (Å²) in [6, 6.07) is -0.625. The van der Waals surface area contributed by atoms with Crippen LogP contribution in [-0.2, 0) is 28.6 Å². The molecule has 0 aliphatic rings. The number of carboxylic acids is 1. The van der Waals surface area contributed by atoms with Crippen LogP contribution in [0.25, 0.3) is 0 Å². The second kappa shape index (κ2) is 43.9. The predicted octanol–water partition coefficient (Wildman–Crippen LogP) is 14.4. The van der Waals surface area contributed by atoms with E-state index in [2.05, 4.69) is 62.5 Å². The molecule has 0 saturated heterocycles. The second-order valence-electron chi connectivity index (χ2n) is 18.1. The van der Waals surface area contributed by atoms with Crippen LogP contribution in [-0.4, -0.2) is 80.6 Å². The average molecular weight is 859 g/mol. The maximum absolute atomic E-state index is 12.7. The molecule has 0 radical (unpaired) electrons. The molecular formula is C53H96NO7+. The summed E-state index contributed by atoms with van der Waals surface area (Å²) in [4.78, 5) is 37.1. The number of carbonyl (C=O) groups excluding carboxylic acids is 2. The summed E-state index contributed by atoms with van der Waals surface area (Å²) in [7, 11) is 5.51. The van der Waals surface area contributed by atoms with E-state index in [4.69, 9.17) is 14.2 Å². The third-order valence-corrected chi connectivity index (χ3v) is 11.2. The van der Waals surface area contributed by atoms with E-state index in [0.717, 1.165) is 38.5 Å². The smallest absolute Gasteiger partial charge is 0.362 e. The first-order valence-corrected chi connectivity index (χ1v) is 25.2. The van der Waals surface area contributed by atoms with Gasteiger partial charge < -0.3 is 23.8 Å². The van der Waals surface area contributed by atoms with Crippen molar-refractivity contribution in [3.63, 3.8) is 0 Å². The molecule has 0 rings (SSSR count). The predicted molar refractivity (Wildman–Crippen MR) is 257 cm³/mol.